The van der Waals surface area contributed by atoms with Gasteiger partial charge in [0.2, 0.25) is 0 Å². The summed E-state index contributed by atoms with van der Waals surface area (Å²) >= 11 is 0. The Bertz CT molecular complexity index is 1100. The van der Waals surface area contributed by atoms with Crippen LogP contribution in [-0.2, 0) is 12.8 Å². The maximum absolute atomic E-state index is 13.0. The molecule has 0 saturated carbocycles. The third-order valence-electron chi connectivity index (χ3n) is 5.51. The quantitative estimate of drug-likeness (QED) is 0.481. The van der Waals surface area contributed by atoms with Crippen LogP contribution in [0.1, 0.15) is 54.1 Å². The Labute approximate surface area is 160 Å². The fraction of sp³-hybridized carbons (Fsp3) is 0.333. The van der Waals surface area contributed by atoms with E-state index in [0.717, 1.165) is 48.1 Å². The molecular weight excluding hydrogens is 332 g/mol. The number of rotatable bonds is 1. The predicted molar refractivity (Wildman–Crippen MR) is 109 cm³/mol. The number of hydrogen-bond acceptors (Lipinski definition) is 2. The molecule has 1 aromatic carbocycles. The van der Waals surface area contributed by atoms with E-state index in [-0.39, 0.29) is 5.56 Å². The predicted octanol–water partition coefficient (Wildman–Crippen LogP) is 4.31. The number of aromatic nitrogens is 2. The molecule has 0 fully saturated rings. The van der Waals surface area contributed by atoms with Gasteiger partial charge in [0.15, 0.2) is 0 Å². The Balaban J connectivity index is 1.73. The van der Waals surface area contributed by atoms with Gasteiger partial charge in [0.25, 0.3) is 5.56 Å². The minimum absolute atomic E-state index is 0.0911. The van der Waals surface area contributed by atoms with E-state index in [4.69, 9.17) is 4.98 Å². The smallest absolute Gasteiger partial charge is 0.261 e. The Hall–Kier alpha value is -2.86. The van der Waals surface area contributed by atoms with Crippen molar-refractivity contribution in [2.75, 3.05) is 0 Å². The third kappa shape index (κ3) is 3.66. The van der Waals surface area contributed by atoms with Crippen molar-refractivity contribution in [1.82, 2.24) is 9.38 Å². The van der Waals surface area contributed by atoms with Crippen molar-refractivity contribution in [2.24, 2.45) is 5.92 Å². The molecule has 3 nitrogen and oxygen atoms in total. The van der Waals surface area contributed by atoms with Crippen LogP contribution in [0.2, 0.25) is 0 Å². The molecule has 1 aliphatic carbocycles. The molecule has 0 radical (unpaired) electrons. The zero-order valence-electron chi connectivity index (χ0n) is 16.0. The van der Waals surface area contributed by atoms with Gasteiger partial charge in [-0.1, -0.05) is 42.9 Å². The number of fused-ring (bicyclic) bond motifs is 2. The minimum Gasteiger partial charge on any atom is -0.269 e. The Kier molecular flexibility index (Phi) is 4.81. The lowest BCUT2D eigenvalue weighted by molar-refractivity contribution is 0.465. The van der Waals surface area contributed by atoms with E-state index in [9.17, 15) is 4.79 Å². The molecule has 0 saturated heterocycles. The largest absolute Gasteiger partial charge is 0.269 e. The highest BCUT2D eigenvalue weighted by Gasteiger charge is 2.20. The molecule has 3 aromatic rings. The van der Waals surface area contributed by atoms with Crippen LogP contribution in [0.5, 0.6) is 0 Å². The summed E-state index contributed by atoms with van der Waals surface area (Å²) in [5.74, 6) is 6.98. The van der Waals surface area contributed by atoms with E-state index in [0.29, 0.717) is 11.6 Å². The summed E-state index contributed by atoms with van der Waals surface area (Å²) in [5.41, 5.74) is 5.77. The van der Waals surface area contributed by atoms with Crippen LogP contribution in [0.3, 0.4) is 0 Å². The van der Waals surface area contributed by atoms with E-state index in [1.807, 2.05) is 30.5 Å². The molecule has 136 valence electrons. The van der Waals surface area contributed by atoms with Gasteiger partial charge in [-0.3, -0.25) is 9.20 Å². The molecule has 1 aliphatic rings. The first kappa shape index (κ1) is 17.5. The minimum atomic E-state index is 0.0911. The second-order valence-corrected chi connectivity index (χ2v) is 7.47. The van der Waals surface area contributed by atoms with E-state index in [2.05, 4.69) is 37.8 Å². The molecule has 4 rings (SSSR count). The highest BCUT2D eigenvalue weighted by molar-refractivity contribution is 5.51. The van der Waals surface area contributed by atoms with Gasteiger partial charge in [-0.05, 0) is 62.8 Å². The summed E-state index contributed by atoms with van der Waals surface area (Å²) in [6.07, 6.45) is 6.99. The topological polar surface area (TPSA) is 34.4 Å². The third-order valence-corrected chi connectivity index (χ3v) is 5.51. The molecule has 0 N–H and O–H groups in total. The fourth-order valence-electron chi connectivity index (χ4n) is 3.79. The van der Waals surface area contributed by atoms with Crippen LogP contribution in [0.25, 0.3) is 5.65 Å². The van der Waals surface area contributed by atoms with Crippen LogP contribution >= 0.6 is 0 Å². The van der Waals surface area contributed by atoms with Crippen LogP contribution < -0.4 is 5.56 Å². The number of nitrogens with zero attached hydrogens (tertiary/aromatic N) is 2. The molecule has 2 heterocycles. The van der Waals surface area contributed by atoms with Gasteiger partial charge < -0.3 is 0 Å². The molecule has 0 spiro atoms. The first-order valence-electron chi connectivity index (χ1n) is 9.77. The Morgan fingerprint density at radius 1 is 1.15 bits per heavy atom. The monoisotopic (exact) mass is 356 g/mol. The van der Waals surface area contributed by atoms with E-state index in [1.165, 1.54) is 12.0 Å². The summed E-state index contributed by atoms with van der Waals surface area (Å²) in [7, 11) is 0. The van der Waals surface area contributed by atoms with Crippen LogP contribution in [0.4, 0.5) is 0 Å². The van der Waals surface area contributed by atoms with Crippen molar-refractivity contribution in [3.63, 3.8) is 0 Å². The Morgan fingerprint density at radius 2 is 1.93 bits per heavy atom. The number of pyridine rings is 1. The first-order valence-corrected chi connectivity index (χ1v) is 9.77. The van der Waals surface area contributed by atoms with Gasteiger partial charge in [0, 0.05) is 22.9 Å². The fourth-order valence-corrected chi connectivity index (χ4v) is 3.79. The van der Waals surface area contributed by atoms with Crippen molar-refractivity contribution >= 4 is 5.65 Å². The van der Waals surface area contributed by atoms with Crippen molar-refractivity contribution in [2.45, 2.75) is 46.0 Å². The molecular formula is C24H24N2O. The van der Waals surface area contributed by atoms with Crippen molar-refractivity contribution < 1.29 is 0 Å². The van der Waals surface area contributed by atoms with Gasteiger partial charge in [-0.25, -0.2) is 4.98 Å². The number of aryl methyl sites for hydroxylation is 2. The first-order chi connectivity index (χ1) is 13.1. The molecule has 0 amide bonds. The normalized spacial score (nSPS) is 16.3. The van der Waals surface area contributed by atoms with Crippen LogP contribution in [0, 0.1) is 24.7 Å². The second kappa shape index (κ2) is 7.40. The van der Waals surface area contributed by atoms with Gasteiger partial charge in [0.05, 0.1) is 5.69 Å². The lowest BCUT2D eigenvalue weighted by Crippen LogP contribution is -2.23. The summed E-state index contributed by atoms with van der Waals surface area (Å²) in [4.78, 5) is 17.8. The number of hydrogen-bond donors (Lipinski definition) is 0. The van der Waals surface area contributed by atoms with Gasteiger partial charge >= 0.3 is 0 Å². The van der Waals surface area contributed by atoms with Crippen molar-refractivity contribution in [1.29, 1.82) is 0 Å². The van der Waals surface area contributed by atoms with Gasteiger partial charge in [0.1, 0.15) is 5.65 Å². The van der Waals surface area contributed by atoms with Crippen molar-refractivity contribution in [3.05, 3.63) is 80.9 Å². The van der Waals surface area contributed by atoms with Crippen LogP contribution in [0.15, 0.2) is 47.4 Å². The second-order valence-electron chi connectivity index (χ2n) is 7.47. The molecule has 1 atom stereocenters. The van der Waals surface area contributed by atoms with E-state index < -0.39 is 0 Å². The average molecular weight is 356 g/mol. The van der Waals surface area contributed by atoms with Crippen LogP contribution in [-0.4, -0.2) is 9.38 Å². The van der Waals surface area contributed by atoms with Gasteiger partial charge in [-0.15, -0.1) is 0 Å². The average Bonchev–Trinajstić information content (AvgIpc) is 2.90. The van der Waals surface area contributed by atoms with E-state index in [1.54, 1.807) is 4.40 Å². The van der Waals surface area contributed by atoms with E-state index >= 15 is 0 Å². The summed E-state index contributed by atoms with van der Waals surface area (Å²) in [5, 5.41) is 0. The lowest BCUT2D eigenvalue weighted by atomic mass is 9.96. The zero-order chi connectivity index (χ0) is 18.8. The highest BCUT2D eigenvalue weighted by atomic mass is 16.1. The maximum Gasteiger partial charge on any atom is 0.261 e. The molecule has 27 heavy (non-hydrogen) atoms. The van der Waals surface area contributed by atoms with Gasteiger partial charge in [-0.2, -0.15) is 0 Å². The summed E-state index contributed by atoms with van der Waals surface area (Å²) in [6.45, 7) is 4.27. The van der Waals surface area contributed by atoms with Crippen molar-refractivity contribution in [3.8, 4) is 11.8 Å². The molecule has 0 aliphatic heterocycles. The highest BCUT2D eigenvalue weighted by Crippen LogP contribution is 2.24. The zero-order valence-corrected chi connectivity index (χ0v) is 16.0. The maximum atomic E-state index is 13.0. The SMILES string of the molecule is CCC1CCCc2nc3cc(C#Cc4ccc(C)cc4)ccn3c(=O)c2C1. The summed E-state index contributed by atoms with van der Waals surface area (Å²) < 4.78 is 1.67. The molecule has 1 unspecified atom stereocenters. The number of benzene rings is 1. The molecule has 3 heteroatoms. The molecule has 0 bridgehead atoms. The Morgan fingerprint density at radius 3 is 2.70 bits per heavy atom. The lowest BCUT2D eigenvalue weighted by Gasteiger charge is -2.12. The molecule has 2 aromatic heterocycles. The standard InChI is InChI=1S/C24H24N2O/c1-3-18-5-4-6-22-21(15-18)24(27)26-14-13-20(16-23(26)25-22)12-11-19-9-7-17(2)8-10-19/h7-10,13-14,16,18H,3-6,15H2,1-2H3. The summed E-state index contributed by atoms with van der Waals surface area (Å²) in [6, 6.07) is 12.0.